The van der Waals surface area contributed by atoms with E-state index in [2.05, 4.69) is 29.5 Å². The van der Waals surface area contributed by atoms with E-state index in [1.54, 1.807) is 26.3 Å². The van der Waals surface area contributed by atoms with Crippen molar-refractivity contribution in [3.8, 4) is 5.75 Å². The Morgan fingerprint density at radius 1 is 1.08 bits per heavy atom. The average Bonchev–Trinajstić information content (AvgIpc) is 2.86. The van der Waals surface area contributed by atoms with Gasteiger partial charge in [0.15, 0.2) is 0 Å². The van der Waals surface area contributed by atoms with E-state index in [0.717, 1.165) is 35.6 Å². The summed E-state index contributed by atoms with van der Waals surface area (Å²) in [5.41, 5.74) is 5.16. The highest BCUT2D eigenvalue weighted by Gasteiger charge is 2.10. The third-order valence-corrected chi connectivity index (χ3v) is 6.10. The highest BCUT2D eigenvalue weighted by molar-refractivity contribution is 6.11. The standard InChI is InChI=1S/C24H38N4O.C6H12O/c1-7-9-12-20(8-2)16-27-18(3)15-22(21-13-10-11-14-24(21)29)28-19(4)23(26-6)17-25-5;1-4-5(2)6(3)7/h10-11,13-15,17,20,26-27,29H,7-9,12,16H2,1-6H3;7H,4H2,1-3H3/b18-15+,23-19-,25-17?,28-22-;6-5-. The molecule has 36 heavy (non-hydrogen) atoms. The van der Waals surface area contributed by atoms with Gasteiger partial charge in [-0.2, -0.15) is 0 Å². The lowest BCUT2D eigenvalue weighted by atomic mass is 9.99. The first-order chi connectivity index (χ1) is 17.1. The van der Waals surface area contributed by atoms with E-state index in [9.17, 15) is 5.11 Å². The van der Waals surface area contributed by atoms with Crippen molar-refractivity contribution in [3.63, 3.8) is 0 Å². The second kappa shape index (κ2) is 19.2. The van der Waals surface area contributed by atoms with Crippen molar-refractivity contribution in [2.24, 2.45) is 15.9 Å². The zero-order valence-electron chi connectivity index (χ0n) is 24.1. The largest absolute Gasteiger partial charge is 0.513 e. The van der Waals surface area contributed by atoms with Gasteiger partial charge in [-0.3, -0.25) is 9.98 Å². The first kappa shape index (κ1) is 33.0. The normalized spacial score (nSPS) is 14.5. The van der Waals surface area contributed by atoms with E-state index in [4.69, 9.17) is 10.1 Å². The molecule has 0 aliphatic rings. The van der Waals surface area contributed by atoms with Gasteiger partial charge >= 0.3 is 0 Å². The molecule has 0 aliphatic heterocycles. The summed E-state index contributed by atoms with van der Waals surface area (Å²) >= 11 is 0. The molecule has 202 valence electrons. The summed E-state index contributed by atoms with van der Waals surface area (Å²) in [4.78, 5) is 8.88. The predicted octanol–water partition coefficient (Wildman–Crippen LogP) is 7.29. The number of rotatable bonds is 13. The van der Waals surface area contributed by atoms with Gasteiger partial charge in [-0.25, -0.2) is 0 Å². The number of aliphatic hydroxyl groups is 1. The topological polar surface area (TPSA) is 89.2 Å². The number of hydrogen-bond donors (Lipinski definition) is 4. The van der Waals surface area contributed by atoms with Gasteiger partial charge in [0.25, 0.3) is 0 Å². The highest BCUT2D eigenvalue weighted by Crippen LogP contribution is 2.20. The molecular formula is C30H50N4O2. The van der Waals surface area contributed by atoms with Crippen molar-refractivity contribution in [2.75, 3.05) is 20.6 Å². The zero-order chi connectivity index (χ0) is 27.5. The maximum atomic E-state index is 10.4. The lowest BCUT2D eigenvalue weighted by Crippen LogP contribution is -2.21. The van der Waals surface area contributed by atoms with Crippen LogP contribution in [0.25, 0.3) is 0 Å². The van der Waals surface area contributed by atoms with Crippen molar-refractivity contribution < 1.29 is 10.2 Å². The van der Waals surface area contributed by atoms with Crippen LogP contribution in [0.3, 0.4) is 0 Å². The summed E-state index contributed by atoms with van der Waals surface area (Å²) < 4.78 is 0. The molecule has 4 N–H and O–H groups in total. The van der Waals surface area contributed by atoms with Crippen LogP contribution in [0.4, 0.5) is 0 Å². The molecule has 1 rings (SSSR count). The van der Waals surface area contributed by atoms with Gasteiger partial charge in [0.05, 0.1) is 22.9 Å². The molecule has 6 nitrogen and oxygen atoms in total. The summed E-state index contributed by atoms with van der Waals surface area (Å²) in [6.07, 6.45) is 9.61. The van der Waals surface area contributed by atoms with Crippen molar-refractivity contribution in [2.45, 2.75) is 80.6 Å². The average molecular weight is 499 g/mol. The van der Waals surface area contributed by atoms with Crippen LogP contribution in [0.1, 0.15) is 86.1 Å². The Balaban J connectivity index is 0.00000152. The number of nitrogens with one attached hydrogen (secondary N) is 2. The van der Waals surface area contributed by atoms with Gasteiger partial charge in [-0.05, 0) is 70.2 Å². The number of unbranched alkanes of at least 4 members (excludes halogenated alkanes) is 1. The molecule has 0 bridgehead atoms. The molecule has 1 aromatic carbocycles. The molecule has 0 amide bonds. The number of nitrogens with zero attached hydrogens (tertiary/aromatic N) is 2. The Labute approximate surface area is 220 Å². The Morgan fingerprint density at radius 2 is 1.75 bits per heavy atom. The van der Waals surface area contributed by atoms with E-state index in [1.165, 1.54) is 25.7 Å². The minimum atomic E-state index is 0.215. The maximum absolute atomic E-state index is 10.4. The van der Waals surface area contributed by atoms with Crippen molar-refractivity contribution in [1.82, 2.24) is 10.6 Å². The van der Waals surface area contributed by atoms with Gasteiger partial charge in [0.2, 0.25) is 0 Å². The molecule has 0 fully saturated rings. The quantitative estimate of drug-likeness (QED) is 0.170. The van der Waals surface area contributed by atoms with Gasteiger partial charge in [0, 0.05) is 38.1 Å². The second-order valence-electron chi connectivity index (χ2n) is 8.99. The molecule has 0 heterocycles. The van der Waals surface area contributed by atoms with E-state index in [-0.39, 0.29) is 5.75 Å². The number of phenols is 1. The van der Waals surface area contributed by atoms with Gasteiger partial charge in [-0.15, -0.1) is 0 Å². The lowest BCUT2D eigenvalue weighted by Gasteiger charge is -2.17. The third kappa shape index (κ3) is 13.2. The summed E-state index contributed by atoms with van der Waals surface area (Å²) in [5.74, 6) is 1.34. The Morgan fingerprint density at radius 3 is 2.22 bits per heavy atom. The van der Waals surface area contributed by atoms with Crippen LogP contribution < -0.4 is 10.6 Å². The molecule has 0 radical (unpaired) electrons. The highest BCUT2D eigenvalue weighted by atomic mass is 16.3. The summed E-state index contributed by atoms with van der Waals surface area (Å²) in [5, 5.41) is 25.7. The minimum Gasteiger partial charge on any atom is -0.513 e. The van der Waals surface area contributed by atoms with Crippen LogP contribution in [0.5, 0.6) is 5.75 Å². The minimum absolute atomic E-state index is 0.215. The zero-order valence-corrected chi connectivity index (χ0v) is 24.1. The predicted molar refractivity (Wildman–Crippen MR) is 157 cm³/mol. The van der Waals surface area contributed by atoms with Crippen molar-refractivity contribution in [1.29, 1.82) is 0 Å². The number of aliphatic hydroxyl groups excluding tert-OH is 1. The van der Waals surface area contributed by atoms with E-state index in [1.807, 2.05) is 59.0 Å². The monoisotopic (exact) mass is 498 g/mol. The number of phenolic OH excluding ortho intramolecular Hbond substituents is 1. The molecule has 0 aliphatic carbocycles. The molecule has 0 saturated carbocycles. The smallest absolute Gasteiger partial charge is 0.124 e. The SMILES string of the molecule is CC/C(C)=C(/C)O.CCCCC(CC)CN/C(C)=C/C(=N/C(C)=C(/C=NC)NC)c1ccccc1O. The summed E-state index contributed by atoms with van der Waals surface area (Å²) in [6, 6.07) is 7.29. The van der Waals surface area contributed by atoms with Gasteiger partial charge in [-0.1, -0.05) is 52.2 Å². The van der Waals surface area contributed by atoms with Crippen LogP contribution in [0, 0.1) is 5.92 Å². The maximum Gasteiger partial charge on any atom is 0.124 e. The first-order valence-corrected chi connectivity index (χ1v) is 13.1. The number of aromatic hydroxyl groups is 1. The lowest BCUT2D eigenvalue weighted by molar-refractivity contribution is 0.405. The van der Waals surface area contributed by atoms with Gasteiger partial charge < -0.3 is 20.8 Å². The van der Waals surface area contributed by atoms with Crippen molar-refractivity contribution >= 4 is 11.9 Å². The molecule has 6 heteroatoms. The fraction of sp³-hybridized carbons (Fsp3) is 0.533. The molecular weight excluding hydrogens is 448 g/mol. The molecule has 0 aromatic heterocycles. The van der Waals surface area contributed by atoms with E-state index in [0.29, 0.717) is 23.0 Å². The fourth-order valence-electron chi connectivity index (χ4n) is 3.33. The fourth-order valence-corrected chi connectivity index (χ4v) is 3.33. The second-order valence-corrected chi connectivity index (χ2v) is 8.99. The van der Waals surface area contributed by atoms with E-state index >= 15 is 0 Å². The summed E-state index contributed by atoms with van der Waals surface area (Å²) in [6.45, 7) is 15.1. The summed E-state index contributed by atoms with van der Waals surface area (Å²) in [7, 11) is 3.58. The molecule has 0 spiro atoms. The molecule has 1 aromatic rings. The first-order valence-electron chi connectivity index (χ1n) is 13.1. The van der Waals surface area contributed by atoms with Crippen LogP contribution in [-0.4, -0.2) is 42.8 Å². The van der Waals surface area contributed by atoms with Crippen molar-refractivity contribution in [3.05, 3.63) is 64.3 Å². The van der Waals surface area contributed by atoms with Crippen LogP contribution in [0.2, 0.25) is 0 Å². The molecule has 1 unspecified atom stereocenters. The number of benzene rings is 1. The Kier molecular flexibility index (Phi) is 17.6. The number of hydrogen-bond acceptors (Lipinski definition) is 6. The number of para-hydroxylation sites is 1. The third-order valence-electron chi connectivity index (χ3n) is 6.10. The number of aliphatic imine (C=N–C) groups is 2. The Hall–Kier alpha value is -3.02. The molecule has 1 atom stereocenters. The number of allylic oxidation sites excluding steroid dienone is 6. The van der Waals surface area contributed by atoms with Gasteiger partial charge in [0.1, 0.15) is 5.75 Å². The van der Waals surface area contributed by atoms with Crippen LogP contribution >= 0.6 is 0 Å². The van der Waals surface area contributed by atoms with Crippen LogP contribution in [0.15, 0.2) is 68.7 Å². The van der Waals surface area contributed by atoms with E-state index < -0.39 is 0 Å². The molecule has 0 saturated heterocycles. The van der Waals surface area contributed by atoms with Crippen LogP contribution in [-0.2, 0) is 0 Å². The Bertz CT molecular complexity index is 923.